The molecule has 0 unspecified atom stereocenters. The van der Waals surface area contributed by atoms with E-state index in [0.717, 1.165) is 27.0 Å². The zero-order chi connectivity index (χ0) is 23.7. The quantitative estimate of drug-likeness (QED) is 0.318. The largest absolute Gasteiger partial charge is 0.497 e. The Hall–Kier alpha value is -3.63. The summed E-state index contributed by atoms with van der Waals surface area (Å²) < 4.78 is 12.3. The third kappa shape index (κ3) is 4.29. The van der Waals surface area contributed by atoms with Crippen molar-refractivity contribution in [3.63, 3.8) is 0 Å². The molecule has 2 aromatic carbocycles. The number of methoxy groups -OCH3 is 2. The van der Waals surface area contributed by atoms with E-state index < -0.39 is 0 Å². The number of aryl methyl sites for hydroxylation is 1. The number of carbonyl (C=O) groups is 1. The molecule has 3 aromatic heterocycles. The number of anilines is 1. The molecule has 5 rings (SSSR count). The maximum atomic E-state index is 12.6. The first kappa shape index (κ1) is 22.2. The van der Waals surface area contributed by atoms with Crippen molar-refractivity contribution in [3.8, 4) is 22.6 Å². The number of rotatable bonds is 7. The van der Waals surface area contributed by atoms with E-state index in [9.17, 15) is 4.79 Å². The van der Waals surface area contributed by atoms with Gasteiger partial charge in [0.15, 0.2) is 10.8 Å². The Bertz CT molecular complexity index is 1470. The second-order valence-corrected chi connectivity index (χ2v) is 9.36. The molecule has 0 radical (unpaired) electrons. The fourth-order valence-corrected chi connectivity index (χ4v) is 5.19. The van der Waals surface area contributed by atoms with E-state index in [1.807, 2.05) is 4.40 Å². The topological polar surface area (TPSA) is 90.6 Å². The molecule has 172 valence electrons. The number of hydrogen-bond acceptors (Lipinski definition) is 8. The van der Waals surface area contributed by atoms with Crippen LogP contribution in [0.5, 0.6) is 11.5 Å². The van der Waals surface area contributed by atoms with Crippen LogP contribution in [0.3, 0.4) is 0 Å². The molecular formula is C24H21N5O3S2. The molecule has 0 aliphatic heterocycles. The van der Waals surface area contributed by atoms with Gasteiger partial charge in [-0.3, -0.25) is 9.20 Å². The Morgan fingerprint density at radius 1 is 1.09 bits per heavy atom. The Labute approximate surface area is 203 Å². The highest BCUT2D eigenvalue weighted by molar-refractivity contribution is 7.99. The summed E-state index contributed by atoms with van der Waals surface area (Å²) in [6.45, 7) is 2.07. The minimum Gasteiger partial charge on any atom is -0.497 e. The summed E-state index contributed by atoms with van der Waals surface area (Å²) in [7, 11) is 3.13. The van der Waals surface area contributed by atoms with E-state index in [-0.39, 0.29) is 11.7 Å². The standard InChI is InChI=1S/C24H21N5O3S2/c1-14-4-6-15(7-5-14)19-11-33-23-21(19)22-27-28-24(29(22)13-25-23)34-12-20(30)26-16-8-17(31-2)10-18(9-16)32-3/h4-11,13H,12H2,1-3H3,(H,26,30). The molecule has 34 heavy (non-hydrogen) atoms. The smallest absolute Gasteiger partial charge is 0.234 e. The Kier molecular flexibility index (Phi) is 6.08. The summed E-state index contributed by atoms with van der Waals surface area (Å²) in [5, 5.41) is 15.3. The Morgan fingerprint density at radius 3 is 2.53 bits per heavy atom. The van der Waals surface area contributed by atoms with Gasteiger partial charge in [0.2, 0.25) is 5.91 Å². The van der Waals surface area contributed by atoms with Gasteiger partial charge in [-0.1, -0.05) is 41.6 Å². The lowest BCUT2D eigenvalue weighted by Crippen LogP contribution is -2.14. The summed E-state index contributed by atoms with van der Waals surface area (Å²) in [4.78, 5) is 18.1. The minimum absolute atomic E-state index is 0.160. The normalized spacial score (nSPS) is 11.1. The van der Waals surface area contributed by atoms with Gasteiger partial charge in [-0.15, -0.1) is 21.5 Å². The van der Waals surface area contributed by atoms with Gasteiger partial charge in [0, 0.05) is 34.8 Å². The zero-order valence-corrected chi connectivity index (χ0v) is 20.4. The average molecular weight is 492 g/mol. The second-order valence-electron chi connectivity index (χ2n) is 7.55. The van der Waals surface area contributed by atoms with Crippen LogP contribution in [-0.2, 0) is 4.79 Å². The Morgan fingerprint density at radius 2 is 1.82 bits per heavy atom. The minimum atomic E-state index is -0.179. The molecule has 3 heterocycles. The van der Waals surface area contributed by atoms with Crippen molar-refractivity contribution in [2.45, 2.75) is 12.1 Å². The SMILES string of the molecule is COc1cc(NC(=O)CSc2nnc3c4c(-c5ccc(C)cc5)csc4ncn23)cc(OC)c1. The number of thioether (sulfide) groups is 1. The number of amides is 1. The molecule has 0 atom stereocenters. The lowest BCUT2D eigenvalue weighted by atomic mass is 10.0. The fourth-order valence-electron chi connectivity index (χ4n) is 3.57. The predicted octanol–water partition coefficient (Wildman–Crippen LogP) is 5.06. The number of nitrogens with one attached hydrogen (secondary N) is 1. The summed E-state index contributed by atoms with van der Waals surface area (Å²) in [6.07, 6.45) is 1.71. The van der Waals surface area contributed by atoms with Crippen LogP contribution in [0.4, 0.5) is 5.69 Å². The van der Waals surface area contributed by atoms with Gasteiger partial charge in [0.05, 0.1) is 25.4 Å². The maximum Gasteiger partial charge on any atom is 0.234 e. The molecule has 5 aromatic rings. The zero-order valence-electron chi connectivity index (χ0n) is 18.7. The van der Waals surface area contributed by atoms with Crippen molar-refractivity contribution in [2.24, 2.45) is 0 Å². The van der Waals surface area contributed by atoms with Gasteiger partial charge < -0.3 is 14.8 Å². The number of nitrogens with zero attached hydrogens (tertiary/aromatic N) is 4. The van der Waals surface area contributed by atoms with Gasteiger partial charge in [-0.2, -0.15) is 0 Å². The van der Waals surface area contributed by atoms with Gasteiger partial charge in [0.25, 0.3) is 0 Å². The molecule has 0 fully saturated rings. The molecule has 0 aliphatic rings. The molecule has 1 amide bonds. The van der Waals surface area contributed by atoms with E-state index in [0.29, 0.717) is 22.3 Å². The molecule has 10 heteroatoms. The molecule has 0 spiro atoms. The highest BCUT2D eigenvalue weighted by Gasteiger charge is 2.17. The van der Waals surface area contributed by atoms with Crippen LogP contribution in [0.25, 0.3) is 27.0 Å². The van der Waals surface area contributed by atoms with Crippen LogP contribution in [0.2, 0.25) is 0 Å². The fraction of sp³-hybridized carbons (Fsp3) is 0.167. The first-order valence-electron chi connectivity index (χ1n) is 10.4. The second kappa shape index (κ2) is 9.32. The number of carbonyl (C=O) groups excluding carboxylic acids is 1. The van der Waals surface area contributed by atoms with Crippen molar-refractivity contribution in [3.05, 3.63) is 59.7 Å². The molecule has 0 aliphatic carbocycles. The molecular weight excluding hydrogens is 470 g/mol. The molecule has 0 bridgehead atoms. The number of aromatic nitrogens is 4. The molecule has 1 N–H and O–H groups in total. The van der Waals surface area contributed by atoms with Crippen LogP contribution >= 0.6 is 23.1 Å². The summed E-state index contributed by atoms with van der Waals surface area (Å²) in [6, 6.07) is 13.6. The van der Waals surface area contributed by atoms with E-state index in [1.54, 1.807) is 50.1 Å². The third-order valence-corrected chi connectivity index (χ3v) is 7.11. The van der Waals surface area contributed by atoms with Crippen molar-refractivity contribution < 1.29 is 14.3 Å². The van der Waals surface area contributed by atoms with E-state index in [1.165, 1.54) is 17.3 Å². The van der Waals surface area contributed by atoms with Gasteiger partial charge in [-0.25, -0.2) is 4.98 Å². The van der Waals surface area contributed by atoms with Crippen molar-refractivity contribution in [2.75, 3.05) is 25.3 Å². The highest BCUT2D eigenvalue weighted by atomic mass is 32.2. The predicted molar refractivity (Wildman–Crippen MR) is 135 cm³/mol. The van der Waals surface area contributed by atoms with E-state index in [4.69, 9.17) is 9.47 Å². The molecule has 8 nitrogen and oxygen atoms in total. The number of fused-ring (bicyclic) bond motifs is 3. The van der Waals surface area contributed by atoms with Gasteiger partial charge in [0.1, 0.15) is 22.7 Å². The molecule has 0 saturated heterocycles. The first-order valence-corrected chi connectivity index (χ1v) is 12.3. The maximum absolute atomic E-state index is 12.6. The van der Waals surface area contributed by atoms with Crippen LogP contribution < -0.4 is 14.8 Å². The number of hydrogen-bond donors (Lipinski definition) is 1. The number of ether oxygens (including phenoxy) is 2. The lowest BCUT2D eigenvalue weighted by Gasteiger charge is -2.09. The van der Waals surface area contributed by atoms with E-state index >= 15 is 0 Å². The van der Waals surface area contributed by atoms with Crippen LogP contribution in [0.15, 0.2) is 59.3 Å². The third-order valence-electron chi connectivity index (χ3n) is 5.28. The number of thiophene rings is 1. The lowest BCUT2D eigenvalue weighted by molar-refractivity contribution is -0.113. The van der Waals surface area contributed by atoms with Crippen LogP contribution in [0, 0.1) is 6.92 Å². The van der Waals surface area contributed by atoms with E-state index in [2.05, 4.69) is 57.1 Å². The van der Waals surface area contributed by atoms with Crippen LogP contribution in [0.1, 0.15) is 5.56 Å². The van der Waals surface area contributed by atoms with Crippen molar-refractivity contribution >= 4 is 50.6 Å². The van der Waals surface area contributed by atoms with Gasteiger partial charge in [-0.05, 0) is 12.5 Å². The summed E-state index contributed by atoms with van der Waals surface area (Å²) in [5.74, 6) is 1.18. The highest BCUT2D eigenvalue weighted by Crippen LogP contribution is 2.36. The first-order chi connectivity index (χ1) is 16.6. The van der Waals surface area contributed by atoms with Crippen molar-refractivity contribution in [1.29, 1.82) is 0 Å². The summed E-state index contributed by atoms with van der Waals surface area (Å²) >= 11 is 2.88. The Balaban J connectivity index is 1.38. The van der Waals surface area contributed by atoms with Crippen LogP contribution in [-0.4, -0.2) is 45.5 Å². The monoisotopic (exact) mass is 491 g/mol. The summed E-state index contributed by atoms with van der Waals surface area (Å²) in [5.41, 5.74) is 4.71. The number of benzene rings is 2. The van der Waals surface area contributed by atoms with Gasteiger partial charge >= 0.3 is 0 Å². The average Bonchev–Trinajstić information content (AvgIpc) is 3.47. The van der Waals surface area contributed by atoms with Crippen molar-refractivity contribution in [1.82, 2.24) is 19.6 Å². The molecule has 0 saturated carbocycles.